The molecular weight excluding hydrogens is 212 g/mol. The van der Waals surface area contributed by atoms with Gasteiger partial charge < -0.3 is 20.5 Å². The Balaban J connectivity index is 2.03. The number of amides is 1. The minimum atomic E-state index is -0.997. The molecule has 16 heavy (non-hydrogen) atoms. The van der Waals surface area contributed by atoms with Crippen LogP contribution in [0.25, 0.3) is 0 Å². The zero-order chi connectivity index (χ0) is 11.8. The molecule has 0 bridgehead atoms. The summed E-state index contributed by atoms with van der Waals surface area (Å²) >= 11 is 0. The molecule has 1 atom stereocenters. The van der Waals surface area contributed by atoms with Crippen molar-refractivity contribution in [2.24, 2.45) is 5.92 Å². The van der Waals surface area contributed by atoms with E-state index in [1.165, 1.54) is 0 Å². The minimum Gasteiger partial charge on any atom is -0.480 e. The van der Waals surface area contributed by atoms with Gasteiger partial charge in [-0.05, 0) is 19.4 Å². The van der Waals surface area contributed by atoms with Gasteiger partial charge in [-0.2, -0.15) is 0 Å². The lowest BCUT2D eigenvalue weighted by Crippen LogP contribution is -2.41. The molecule has 1 amide bonds. The first kappa shape index (κ1) is 12.9. The van der Waals surface area contributed by atoms with Crippen molar-refractivity contribution in [2.75, 3.05) is 32.8 Å². The topological polar surface area (TPSA) is 87.7 Å². The van der Waals surface area contributed by atoms with Crippen molar-refractivity contribution in [1.29, 1.82) is 0 Å². The number of carboxylic acid groups (broad SMARTS) is 1. The fourth-order valence-corrected chi connectivity index (χ4v) is 1.63. The van der Waals surface area contributed by atoms with Crippen LogP contribution in [0, 0.1) is 5.92 Å². The van der Waals surface area contributed by atoms with Crippen LogP contribution in [-0.2, 0) is 14.3 Å². The monoisotopic (exact) mass is 230 g/mol. The first-order valence-electron chi connectivity index (χ1n) is 5.48. The third kappa shape index (κ3) is 5.09. The summed E-state index contributed by atoms with van der Waals surface area (Å²) < 4.78 is 4.80. The Morgan fingerprint density at radius 1 is 1.50 bits per heavy atom. The molecule has 0 spiro atoms. The number of carbonyl (C=O) groups is 2. The molecular formula is C10H18N2O4. The smallest absolute Gasteiger partial charge is 0.329 e. The summed E-state index contributed by atoms with van der Waals surface area (Å²) in [6, 6.07) is 0. The first-order valence-corrected chi connectivity index (χ1v) is 5.48. The second-order valence-corrected chi connectivity index (χ2v) is 3.78. The maximum Gasteiger partial charge on any atom is 0.329 e. The van der Waals surface area contributed by atoms with Crippen LogP contribution in [-0.4, -0.2) is 49.8 Å². The van der Waals surface area contributed by atoms with Gasteiger partial charge >= 0.3 is 5.97 Å². The number of ether oxygens (including phenoxy) is 1. The molecule has 0 aromatic rings. The number of piperidine rings is 1. The van der Waals surface area contributed by atoms with Crippen molar-refractivity contribution in [1.82, 2.24) is 10.6 Å². The largest absolute Gasteiger partial charge is 0.480 e. The molecule has 3 N–H and O–H groups in total. The van der Waals surface area contributed by atoms with Crippen LogP contribution in [0.2, 0.25) is 0 Å². The van der Waals surface area contributed by atoms with Crippen LogP contribution in [0.4, 0.5) is 0 Å². The molecule has 6 nitrogen and oxygen atoms in total. The summed E-state index contributed by atoms with van der Waals surface area (Å²) in [4.78, 5) is 21.7. The van der Waals surface area contributed by atoms with E-state index in [0.717, 1.165) is 25.9 Å². The number of hydrogen-bond donors (Lipinski definition) is 3. The Bertz CT molecular complexity index is 239. The van der Waals surface area contributed by atoms with Gasteiger partial charge in [-0.15, -0.1) is 0 Å². The van der Waals surface area contributed by atoms with E-state index in [-0.39, 0.29) is 25.0 Å². The molecule has 0 aromatic carbocycles. The molecule has 0 saturated carbocycles. The van der Waals surface area contributed by atoms with Crippen molar-refractivity contribution in [3.05, 3.63) is 0 Å². The molecule has 1 aliphatic heterocycles. The molecule has 1 aliphatic rings. The molecule has 0 aromatic heterocycles. The van der Waals surface area contributed by atoms with Crippen LogP contribution in [0.1, 0.15) is 12.8 Å². The summed E-state index contributed by atoms with van der Waals surface area (Å²) in [6.45, 7) is 1.98. The van der Waals surface area contributed by atoms with E-state index in [9.17, 15) is 9.59 Å². The van der Waals surface area contributed by atoms with E-state index >= 15 is 0 Å². The highest BCUT2D eigenvalue weighted by atomic mass is 16.5. The Morgan fingerprint density at radius 3 is 2.94 bits per heavy atom. The van der Waals surface area contributed by atoms with Crippen LogP contribution in [0.15, 0.2) is 0 Å². The van der Waals surface area contributed by atoms with E-state index < -0.39 is 5.97 Å². The molecule has 0 aliphatic carbocycles. The Kier molecular flexibility index (Phi) is 5.81. The lowest BCUT2D eigenvalue weighted by atomic mass is 9.99. The highest BCUT2D eigenvalue weighted by molar-refractivity contribution is 5.78. The van der Waals surface area contributed by atoms with Crippen molar-refractivity contribution < 1.29 is 19.4 Å². The van der Waals surface area contributed by atoms with Gasteiger partial charge in [-0.25, -0.2) is 4.79 Å². The van der Waals surface area contributed by atoms with Gasteiger partial charge in [0.1, 0.15) is 6.61 Å². The van der Waals surface area contributed by atoms with Crippen LogP contribution < -0.4 is 10.6 Å². The fourth-order valence-electron chi connectivity index (χ4n) is 1.63. The number of nitrogens with one attached hydrogen (secondary N) is 2. The molecule has 1 unspecified atom stereocenters. The number of aliphatic carboxylic acids is 1. The van der Waals surface area contributed by atoms with Crippen molar-refractivity contribution >= 4 is 11.9 Å². The SMILES string of the molecule is O=C(O)COCCNC(=O)C1CCCNC1. The van der Waals surface area contributed by atoms with Crippen LogP contribution in [0.5, 0.6) is 0 Å². The zero-order valence-electron chi connectivity index (χ0n) is 9.20. The van der Waals surface area contributed by atoms with Gasteiger partial charge in [0.25, 0.3) is 0 Å². The predicted molar refractivity (Wildman–Crippen MR) is 57.1 cm³/mol. The second-order valence-electron chi connectivity index (χ2n) is 3.78. The van der Waals surface area contributed by atoms with E-state index in [1.54, 1.807) is 0 Å². The molecule has 1 fully saturated rings. The third-order valence-corrected chi connectivity index (χ3v) is 2.44. The summed E-state index contributed by atoms with van der Waals surface area (Å²) in [5, 5.41) is 14.2. The van der Waals surface area contributed by atoms with Crippen molar-refractivity contribution in [2.45, 2.75) is 12.8 Å². The maximum absolute atomic E-state index is 11.6. The number of hydrogen-bond acceptors (Lipinski definition) is 4. The Hall–Kier alpha value is -1.14. The number of rotatable bonds is 6. The van der Waals surface area contributed by atoms with Gasteiger partial charge in [-0.3, -0.25) is 4.79 Å². The highest BCUT2D eigenvalue weighted by Gasteiger charge is 2.19. The minimum absolute atomic E-state index is 0.0196. The van der Waals surface area contributed by atoms with E-state index in [0.29, 0.717) is 6.54 Å². The highest BCUT2D eigenvalue weighted by Crippen LogP contribution is 2.09. The Labute approximate surface area is 94.3 Å². The first-order chi connectivity index (χ1) is 7.70. The number of carbonyl (C=O) groups excluding carboxylic acids is 1. The summed E-state index contributed by atoms with van der Waals surface area (Å²) in [5.74, 6) is -0.942. The average Bonchev–Trinajstić information content (AvgIpc) is 2.29. The van der Waals surface area contributed by atoms with Crippen LogP contribution >= 0.6 is 0 Å². The van der Waals surface area contributed by atoms with Gasteiger partial charge in [0.15, 0.2) is 0 Å². The molecule has 1 rings (SSSR count). The lowest BCUT2D eigenvalue weighted by molar-refractivity contribution is -0.142. The average molecular weight is 230 g/mol. The molecule has 0 radical (unpaired) electrons. The van der Waals surface area contributed by atoms with Gasteiger partial charge in [0.2, 0.25) is 5.91 Å². The van der Waals surface area contributed by atoms with Gasteiger partial charge in [0.05, 0.1) is 12.5 Å². The van der Waals surface area contributed by atoms with E-state index in [2.05, 4.69) is 10.6 Å². The summed E-state index contributed by atoms with van der Waals surface area (Å²) in [6.07, 6.45) is 1.93. The Morgan fingerprint density at radius 2 is 2.31 bits per heavy atom. The fraction of sp³-hybridized carbons (Fsp3) is 0.800. The molecule has 6 heteroatoms. The third-order valence-electron chi connectivity index (χ3n) is 2.44. The van der Waals surface area contributed by atoms with Crippen molar-refractivity contribution in [3.63, 3.8) is 0 Å². The molecule has 92 valence electrons. The lowest BCUT2D eigenvalue weighted by Gasteiger charge is -2.21. The quantitative estimate of drug-likeness (QED) is 0.520. The van der Waals surface area contributed by atoms with Gasteiger partial charge in [0, 0.05) is 13.1 Å². The van der Waals surface area contributed by atoms with E-state index in [4.69, 9.17) is 9.84 Å². The zero-order valence-corrected chi connectivity index (χ0v) is 9.20. The maximum atomic E-state index is 11.6. The summed E-state index contributed by atoms with van der Waals surface area (Å²) in [7, 11) is 0. The van der Waals surface area contributed by atoms with E-state index in [1.807, 2.05) is 0 Å². The molecule has 1 heterocycles. The predicted octanol–water partition coefficient (Wildman–Crippen LogP) is -0.797. The van der Waals surface area contributed by atoms with Gasteiger partial charge in [-0.1, -0.05) is 0 Å². The summed E-state index contributed by atoms with van der Waals surface area (Å²) in [5.41, 5.74) is 0. The second kappa shape index (κ2) is 7.19. The molecule has 1 saturated heterocycles. The standard InChI is InChI=1S/C10H18N2O4/c13-9(14)7-16-5-4-12-10(15)8-2-1-3-11-6-8/h8,11H,1-7H2,(H,12,15)(H,13,14). The number of carboxylic acids is 1. The normalized spacial score (nSPS) is 20.4. The van der Waals surface area contributed by atoms with Crippen molar-refractivity contribution in [3.8, 4) is 0 Å². The van der Waals surface area contributed by atoms with Crippen LogP contribution in [0.3, 0.4) is 0 Å².